The average Bonchev–Trinajstić information content (AvgIpc) is 2.97. The van der Waals surface area contributed by atoms with Gasteiger partial charge in [-0.2, -0.15) is 0 Å². The second-order valence-corrected chi connectivity index (χ2v) is 7.39. The van der Waals surface area contributed by atoms with Crippen LogP contribution in [-0.4, -0.2) is 76.2 Å². The van der Waals surface area contributed by atoms with Crippen molar-refractivity contribution in [2.75, 3.05) is 32.7 Å². The Morgan fingerprint density at radius 2 is 2.12 bits per heavy atom. The Morgan fingerprint density at radius 1 is 1.33 bits per heavy atom. The van der Waals surface area contributed by atoms with Gasteiger partial charge in [-0.05, 0) is 12.3 Å². The van der Waals surface area contributed by atoms with Crippen LogP contribution in [-0.2, 0) is 9.59 Å². The van der Waals surface area contributed by atoms with Crippen LogP contribution in [0.3, 0.4) is 0 Å². The highest BCUT2D eigenvalue weighted by atomic mass is 32.1. The number of aromatic nitrogens is 1. The molecule has 2 saturated heterocycles. The minimum absolute atomic E-state index is 0.00579. The molecule has 0 aromatic carbocycles. The number of thiazole rings is 1. The van der Waals surface area contributed by atoms with Crippen LogP contribution in [0.5, 0.6) is 0 Å². The van der Waals surface area contributed by atoms with E-state index < -0.39 is 6.04 Å². The highest BCUT2D eigenvalue weighted by Crippen LogP contribution is 2.21. The molecule has 1 unspecified atom stereocenters. The summed E-state index contributed by atoms with van der Waals surface area (Å²) >= 11 is 1.38. The van der Waals surface area contributed by atoms with Crippen molar-refractivity contribution in [1.29, 1.82) is 0 Å². The van der Waals surface area contributed by atoms with Gasteiger partial charge in [0.15, 0.2) is 0 Å². The zero-order valence-corrected chi connectivity index (χ0v) is 14.8. The molecule has 0 N–H and O–H groups in total. The Hall–Kier alpha value is -1.96. The topological polar surface area (TPSA) is 73.8 Å². The maximum atomic E-state index is 12.7. The van der Waals surface area contributed by atoms with Crippen molar-refractivity contribution in [3.8, 4) is 0 Å². The molecule has 24 heavy (non-hydrogen) atoms. The van der Waals surface area contributed by atoms with E-state index >= 15 is 0 Å². The Balaban J connectivity index is 1.72. The number of hydrogen-bond donors (Lipinski definition) is 0. The van der Waals surface area contributed by atoms with Gasteiger partial charge >= 0.3 is 0 Å². The predicted molar refractivity (Wildman–Crippen MR) is 89.6 cm³/mol. The molecule has 2 fully saturated rings. The second-order valence-electron chi connectivity index (χ2n) is 6.67. The Labute approximate surface area is 145 Å². The van der Waals surface area contributed by atoms with Crippen molar-refractivity contribution in [2.24, 2.45) is 5.92 Å². The third-order valence-electron chi connectivity index (χ3n) is 4.43. The molecule has 1 atom stereocenters. The zero-order valence-electron chi connectivity index (χ0n) is 14.0. The summed E-state index contributed by atoms with van der Waals surface area (Å²) in [5.41, 5.74) is 2.06. The lowest BCUT2D eigenvalue weighted by atomic mass is 10.1. The van der Waals surface area contributed by atoms with E-state index in [1.54, 1.807) is 25.6 Å². The van der Waals surface area contributed by atoms with Gasteiger partial charge < -0.3 is 14.7 Å². The lowest BCUT2D eigenvalue weighted by molar-refractivity contribution is -0.156. The second kappa shape index (κ2) is 6.88. The van der Waals surface area contributed by atoms with E-state index in [4.69, 9.17) is 0 Å². The molecular weight excluding hydrogens is 328 g/mol. The molecule has 0 saturated carbocycles. The molecule has 3 amide bonds. The molecule has 0 bridgehead atoms. The SMILES string of the molecule is CC(C)CN1CC(=O)N2CCN(C(=O)c3cscn3)CCC2C1=O. The van der Waals surface area contributed by atoms with Gasteiger partial charge in [0.1, 0.15) is 11.7 Å². The first-order valence-corrected chi connectivity index (χ1v) is 9.17. The van der Waals surface area contributed by atoms with Crippen molar-refractivity contribution >= 4 is 29.1 Å². The van der Waals surface area contributed by atoms with Gasteiger partial charge in [-0.25, -0.2) is 4.98 Å². The van der Waals surface area contributed by atoms with Crippen molar-refractivity contribution in [1.82, 2.24) is 19.7 Å². The number of nitrogens with zero attached hydrogens (tertiary/aromatic N) is 4. The molecule has 1 aromatic rings. The van der Waals surface area contributed by atoms with Crippen molar-refractivity contribution < 1.29 is 14.4 Å². The number of piperazine rings is 1. The quantitative estimate of drug-likeness (QED) is 0.804. The maximum absolute atomic E-state index is 12.7. The number of rotatable bonds is 3. The number of amides is 3. The highest BCUT2D eigenvalue weighted by molar-refractivity contribution is 7.07. The summed E-state index contributed by atoms with van der Waals surface area (Å²) < 4.78 is 0. The Morgan fingerprint density at radius 3 is 2.79 bits per heavy atom. The van der Waals surface area contributed by atoms with Crippen LogP contribution >= 0.6 is 11.3 Å². The van der Waals surface area contributed by atoms with Crippen LogP contribution in [0.1, 0.15) is 30.8 Å². The molecular formula is C16H22N4O3S. The summed E-state index contributed by atoms with van der Waals surface area (Å²) in [5, 5.41) is 1.72. The first-order valence-electron chi connectivity index (χ1n) is 8.23. The third-order valence-corrected chi connectivity index (χ3v) is 5.01. The summed E-state index contributed by atoms with van der Waals surface area (Å²) in [6.07, 6.45) is 0.481. The highest BCUT2D eigenvalue weighted by Gasteiger charge is 2.41. The molecule has 2 aliphatic heterocycles. The van der Waals surface area contributed by atoms with Crippen molar-refractivity contribution in [3.05, 3.63) is 16.6 Å². The first-order chi connectivity index (χ1) is 11.5. The summed E-state index contributed by atoms with van der Waals surface area (Å²) in [7, 11) is 0. The molecule has 8 heteroatoms. The fraction of sp³-hybridized carbons (Fsp3) is 0.625. The standard InChI is InChI=1S/C16H22N4O3S/c1-11(2)7-19-8-14(21)20-6-5-18(4-3-13(20)16(19)23)15(22)12-9-24-10-17-12/h9-11,13H,3-8H2,1-2H3. The number of fused-ring (bicyclic) bond motifs is 1. The maximum Gasteiger partial charge on any atom is 0.273 e. The van der Waals surface area contributed by atoms with Gasteiger partial charge in [0, 0.05) is 31.6 Å². The first kappa shape index (κ1) is 16.9. The van der Waals surface area contributed by atoms with Gasteiger partial charge in [0.05, 0.1) is 12.1 Å². The summed E-state index contributed by atoms with van der Waals surface area (Å²) in [6, 6.07) is -0.446. The minimum atomic E-state index is -0.446. The third kappa shape index (κ3) is 3.28. The van der Waals surface area contributed by atoms with Crippen LogP contribution in [0.2, 0.25) is 0 Å². The molecule has 7 nitrogen and oxygen atoms in total. The predicted octanol–water partition coefficient (Wildman–Crippen LogP) is 0.684. The number of carbonyl (C=O) groups excluding carboxylic acids is 3. The van der Waals surface area contributed by atoms with E-state index in [9.17, 15) is 14.4 Å². The molecule has 0 aliphatic carbocycles. The van der Waals surface area contributed by atoms with E-state index in [0.29, 0.717) is 44.2 Å². The van der Waals surface area contributed by atoms with Gasteiger partial charge in [0.2, 0.25) is 11.8 Å². The monoisotopic (exact) mass is 350 g/mol. The minimum Gasteiger partial charge on any atom is -0.335 e. The Bertz CT molecular complexity index is 631. The van der Waals surface area contributed by atoms with Crippen molar-refractivity contribution in [2.45, 2.75) is 26.3 Å². The summed E-state index contributed by atoms with van der Waals surface area (Å²) in [4.78, 5) is 46.7. The van der Waals surface area contributed by atoms with Crippen LogP contribution in [0.4, 0.5) is 0 Å². The summed E-state index contributed by atoms with van der Waals surface area (Å²) in [6.45, 7) is 6.11. The molecule has 1 aromatic heterocycles. The van der Waals surface area contributed by atoms with Gasteiger partial charge in [0.25, 0.3) is 5.91 Å². The Kier molecular flexibility index (Phi) is 4.84. The fourth-order valence-corrected chi connectivity index (χ4v) is 3.83. The van der Waals surface area contributed by atoms with Crippen molar-refractivity contribution in [3.63, 3.8) is 0 Å². The fourth-order valence-electron chi connectivity index (χ4n) is 3.31. The van der Waals surface area contributed by atoms with Gasteiger partial charge in [-0.1, -0.05) is 13.8 Å². The van der Waals surface area contributed by atoms with Crippen LogP contribution in [0.25, 0.3) is 0 Å². The van der Waals surface area contributed by atoms with E-state index in [1.807, 2.05) is 13.8 Å². The molecule has 2 aliphatic rings. The van der Waals surface area contributed by atoms with E-state index in [2.05, 4.69) is 4.98 Å². The molecule has 3 rings (SSSR count). The van der Waals surface area contributed by atoms with Crippen LogP contribution < -0.4 is 0 Å². The number of hydrogen-bond acceptors (Lipinski definition) is 5. The van der Waals surface area contributed by atoms with Crippen LogP contribution in [0.15, 0.2) is 10.9 Å². The van der Waals surface area contributed by atoms with Gasteiger partial charge in [-0.15, -0.1) is 11.3 Å². The normalized spacial score (nSPS) is 22.0. The van der Waals surface area contributed by atoms with Gasteiger partial charge in [-0.3, -0.25) is 14.4 Å². The smallest absolute Gasteiger partial charge is 0.273 e. The van der Waals surface area contributed by atoms with Crippen LogP contribution in [0, 0.1) is 5.92 Å². The average molecular weight is 350 g/mol. The van der Waals surface area contributed by atoms with E-state index in [-0.39, 0.29) is 24.3 Å². The summed E-state index contributed by atoms with van der Waals surface area (Å²) in [5.74, 6) is 0.173. The molecule has 130 valence electrons. The molecule has 0 spiro atoms. The largest absolute Gasteiger partial charge is 0.335 e. The van der Waals surface area contributed by atoms with E-state index in [1.165, 1.54) is 11.3 Å². The van der Waals surface area contributed by atoms with E-state index in [0.717, 1.165) is 0 Å². The molecule has 0 radical (unpaired) electrons. The number of carbonyl (C=O) groups is 3. The zero-order chi connectivity index (χ0) is 17.3. The lowest BCUT2D eigenvalue weighted by Gasteiger charge is -2.39. The lowest BCUT2D eigenvalue weighted by Crippen LogP contribution is -2.60. The molecule has 3 heterocycles.